The van der Waals surface area contributed by atoms with Crippen molar-refractivity contribution in [1.82, 2.24) is 0 Å². The lowest BCUT2D eigenvalue weighted by molar-refractivity contribution is 1.27. The van der Waals surface area contributed by atoms with Crippen molar-refractivity contribution < 1.29 is 0 Å². The standard InChI is InChI=1S/C44H22.C3H6.C2H6/c1-2-9-23-24-11-4-13-27-28-15-6-17-30-32-19-7-18-31-29-16-5-14-26-25-12-3-10-22-21(8-1)20-33(23)39-40(34(22)25)42(36(26)29)44(38(31)32)43(37(28)30)41(39)35(24)27;1-3-2;1-2/h2-19H,1,20H2;3H,1H2,2H3;1-2H3/b9-2-,21-8+;;. The van der Waals surface area contributed by atoms with Gasteiger partial charge in [0.1, 0.15) is 0 Å². The van der Waals surface area contributed by atoms with Gasteiger partial charge in [-0.25, -0.2) is 0 Å². The molecule has 0 saturated carbocycles. The molecule has 230 valence electrons. The highest BCUT2D eigenvalue weighted by Crippen LogP contribution is 2.59. The number of hydrogen-bond donors (Lipinski definition) is 0. The minimum Gasteiger partial charge on any atom is -0.103 e. The van der Waals surface area contributed by atoms with Crippen LogP contribution in [-0.4, -0.2) is 0 Å². The summed E-state index contributed by atoms with van der Waals surface area (Å²) in [6.07, 6.45) is 11.0. The Morgan fingerprint density at radius 2 is 0.837 bits per heavy atom. The molecule has 0 aromatic heterocycles. The van der Waals surface area contributed by atoms with E-state index >= 15 is 0 Å². The van der Waals surface area contributed by atoms with Crippen LogP contribution in [0.15, 0.2) is 116 Å². The molecule has 0 heteroatoms. The zero-order valence-electron chi connectivity index (χ0n) is 28.1. The average Bonchev–Trinajstić information content (AvgIpc) is 3.29. The highest BCUT2D eigenvalue weighted by molar-refractivity contribution is 6.57. The molecule has 0 nitrogen and oxygen atoms in total. The molecule has 11 aromatic carbocycles. The average molecular weight is 623 g/mol. The molecule has 0 N–H and O–H groups in total. The Labute approximate surface area is 284 Å². The summed E-state index contributed by atoms with van der Waals surface area (Å²) in [5.74, 6) is 0. The first-order chi connectivity index (χ1) is 24.3. The lowest BCUT2D eigenvalue weighted by atomic mass is 9.75. The Balaban J connectivity index is 0.000000554. The molecule has 0 atom stereocenters. The zero-order valence-corrected chi connectivity index (χ0v) is 28.1. The molecule has 0 heterocycles. The molecule has 49 heavy (non-hydrogen) atoms. The monoisotopic (exact) mass is 622 g/mol. The first-order valence-electron chi connectivity index (χ1n) is 17.9. The van der Waals surface area contributed by atoms with Gasteiger partial charge in [-0.15, -0.1) is 6.58 Å². The van der Waals surface area contributed by atoms with E-state index < -0.39 is 0 Å². The Kier molecular flexibility index (Phi) is 5.26. The van der Waals surface area contributed by atoms with Gasteiger partial charge in [0.05, 0.1) is 0 Å². The molecule has 0 spiro atoms. The molecule has 2 aliphatic rings. The molecule has 0 saturated heterocycles. The van der Waals surface area contributed by atoms with Crippen molar-refractivity contribution in [3.63, 3.8) is 0 Å². The second-order valence-electron chi connectivity index (χ2n) is 13.7. The van der Waals surface area contributed by atoms with Crippen molar-refractivity contribution in [3.05, 3.63) is 132 Å². The molecular weight excluding hydrogens is 589 g/mol. The first-order valence-corrected chi connectivity index (χ1v) is 17.9. The van der Waals surface area contributed by atoms with Crippen LogP contribution >= 0.6 is 0 Å². The Morgan fingerprint density at radius 1 is 0.469 bits per heavy atom. The normalized spacial score (nSPS) is 15.7. The number of rotatable bonds is 0. The van der Waals surface area contributed by atoms with E-state index in [0.717, 1.165) is 12.8 Å². The second-order valence-corrected chi connectivity index (χ2v) is 13.7. The smallest absolute Gasteiger partial charge is 0.0000480 e. The highest BCUT2D eigenvalue weighted by Gasteiger charge is 2.32. The van der Waals surface area contributed by atoms with Crippen LogP contribution in [0.3, 0.4) is 0 Å². The van der Waals surface area contributed by atoms with E-state index in [9.17, 15) is 0 Å². The summed E-state index contributed by atoms with van der Waals surface area (Å²) in [5, 5.41) is 28.6. The van der Waals surface area contributed by atoms with Gasteiger partial charge in [-0.3, -0.25) is 0 Å². The van der Waals surface area contributed by atoms with Gasteiger partial charge in [0.15, 0.2) is 0 Å². The third-order valence-corrected chi connectivity index (χ3v) is 11.6. The lowest BCUT2D eigenvalue weighted by Crippen LogP contribution is -2.01. The summed E-state index contributed by atoms with van der Waals surface area (Å²) in [6, 6.07) is 35.3. The molecule has 0 unspecified atom stereocenters. The summed E-state index contributed by atoms with van der Waals surface area (Å²) >= 11 is 0. The Bertz CT molecular complexity index is 3220. The molecule has 13 rings (SSSR count). The maximum absolute atomic E-state index is 3.36. The van der Waals surface area contributed by atoms with Gasteiger partial charge in [-0.2, -0.15) is 0 Å². The van der Waals surface area contributed by atoms with E-state index in [1.807, 2.05) is 20.8 Å². The fourth-order valence-corrected chi connectivity index (χ4v) is 10.2. The quantitative estimate of drug-likeness (QED) is 0.0897. The topological polar surface area (TPSA) is 0 Å². The predicted octanol–water partition coefficient (Wildman–Crippen LogP) is 14.5. The SMILES string of the molecule is C1=C\c2c3c4c5c6c(cccc6c6cccc7c8cccc9c%10cccc%11c%12cccc2c%12c4c(c%11%10)c(c89)c5c67)/C(=C/C/1)C3.C=CC.CC. The number of hydrogen-bond acceptors (Lipinski definition) is 0. The largest absolute Gasteiger partial charge is 0.103 e. The van der Waals surface area contributed by atoms with Gasteiger partial charge in [0.2, 0.25) is 0 Å². The number of benzene rings is 11. The van der Waals surface area contributed by atoms with E-state index in [1.165, 1.54) is 130 Å². The minimum atomic E-state index is 0.959. The molecule has 0 aliphatic heterocycles. The molecule has 2 aliphatic carbocycles. The summed E-state index contributed by atoms with van der Waals surface area (Å²) in [4.78, 5) is 0. The van der Waals surface area contributed by atoms with E-state index in [0.29, 0.717) is 0 Å². The van der Waals surface area contributed by atoms with Crippen LogP contribution in [0.1, 0.15) is 43.9 Å². The van der Waals surface area contributed by atoms with E-state index in [4.69, 9.17) is 0 Å². The fourth-order valence-electron chi connectivity index (χ4n) is 10.2. The van der Waals surface area contributed by atoms with Gasteiger partial charge >= 0.3 is 0 Å². The van der Waals surface area contributed by atoms with Crippen LogP contribution < -0.4 is 0 Å². The predicted molar refractivity (Wildman–Crippen MR) is 219 cm³/mol. The fraction of sp³-hybridized carbons (Fsp3) is 0.102. The van der Waals surface area contributed by atoms with Gasteiger partial charge < -0.3 is 0 Å². The van der Waals surface area contributed by atoms with Crippen LogP contribution in [-0.2, 0) is 6.42 Å². The van der Waals surface area contributed by atoms with E-state index in [2.05, 4.69) is 116 Å². The summed E-state index contributed by atoms with van der Waals surface area (Å²) in [6.45, 7) is 9.25. The second kappa shape index (κ2) is 9.46. The van der Waals surface area contributed by atoms with Gasteiger partial charge in [0.25, 0.3) is 0 Å². The van der Waals surface area contributed by atoms with E-state index in [-0.39, 0.29) is 0 Å². The number of allylic oxidation sites excluding steroid dienone is 4. The molecule has 0 fully saturated rings. The maximum Gasteiger partial charge on any atom is -0.0000480 e. The highest BCUT2D eigenvalue weighted by atomic mass is 14.3. The van der Waals surface area contributed by atoms with Crippen molar-refractivity contribution in [1.29, 1.82) is 0 Å². The minimum absolute atomic E-state index is 0.959. The van der Waals surface area contributed by atoms with Crippen LogP contribution in [0.4, 0.5) is 0 Å². The van der Waals surface area contributed by atoms with Crippen LogP contribution in [0, 0.1) is 0 Å². The van der Waals surface area contributed by atoms with E-state index in [1.54, 1.807) is 6.08 Å². The van der Waals surface area contributed by atoms with Crippen molar-refractivity contribution in [3.8, 4) is 0 Å². The third-order valence-electron chi connectivity index (χ3n) is 11.6. The summed E-state index contributed by atoms with van der Waals surface area (Å²) in [5.41, 5.74) is 5.82. The van der Waals surface area contributed by atoms with Crippen molar-refractivity contribution >= 4 is 119 Å². The first kappa shape index (κ1) is 27.3. The number of fused-ring (bicyclic) bond motifs is 7. The Hall–Kier alpha value is -5.72. The molecule has 0 amide bonds. The van der Waals surface area contributed by atoms with Crippen molar-refractivity contribution in [2.24, 2.45) is 0 Å². The van der Waals surface area contributed by atoms with Gasteiger partial charge in [0, 0.05) is 0 Å². The van der Waals surface area contributed by atoms with Gasteiger partial charge in [-0.1, -0.05) is 129 Å². The van der Waals surface area contributed by atoms with Crippen LogP contribution in [0.25, 0.3) is 119 Å². The summed E-state index contributed by atoms with van der Waals surface area (Å²) in [7, 11) is 0. The lowest BCUT2D eigenvalue weighted by Gasteiger charge is -2.27. The third kappa shape index (κ3) is 3.00. The molecule has 2 bridgehead atoms. The van der Waals surface area contributed by atoms with Crippen molar-refractivity contribution in [2.75, 3.05) is 0 Å². The van der Waals surface area contributed by atoms with Crippen LogP contribution in [0.2, 0.25) is 0 Å². The zero-order chi connectivity index (χ0) is 32.7. The molecular formula is C49H34. The van der Waals surface area contributed by atoms with Crippen molar-refractivity contribution in [2.45, 2.75) is 33.6 Å². The molecule has 11 aromatic rings. The maximum atomic E-state index is 3.36. The summed E-state index contributed by atoms with van der Waals surface area (Å²) < 4.78 is 0. The Morgan fingerprint density at radius 3 is 1.33 bits per heavy atom. The van der Waals surface area contributed by atoms with Crippen LogP contribution in [0.5, 0.6) is 0 Å². The van der Waals surface area contributed by atoms with Gasteiger partial charge in [-0.05, 0) is 150 Å². The molecule has 0 radical (unpaired) electrons.